The second-order valence-electron chi connectivity index (χ2n) is 5.98. The number of hydrogen-bond donors (Lipinski definition) is 1. The lowest BCUT2D eigenvalue weighted by Gasteiger charge is -2.27. The van der Waals surface area contributed by atoms with Crippen LogP contribution in [0.15, 0.2) is 59.3 Å². The fourth-order valence-corrected chi connectivity index (χ4v) is 4.49. The van der Waals surface area contributed by atoms with Gasteiger partial charge in [0.2, 0.25) is 5.78 Å². The van der Waals surface area contributed by atoms with Gasteiger partial charge in [-0.15, -0.1) is 0 Å². The minimum atomic E-state index is -3.76. The molecule has 3 aromatic rings. The standard InChI is InChI=1S/C19H16N2O4S/c1-21-17(19(22)15-5-3-4-6-18(15)26(21,23)24)9-12-11-20-16-10-13(25-2)7-8-14(12)16/h3-11,20H,1-2H3/b17-9-. The number of rotatable bonds is 2. The lowest BCUT2D eigenvalue weighted by atomic mass is 10.1. The van der Waals surface area contributed by atoms with Crippen molar-refractivity contribution in [2.75, 3.05) is 14.2 Å². The quantitative estimate of drug-likeness (QED) is 0.705. The molecule has 0 fully saturated rings. The van der Waals surface area contributed by atoms with Gasteiger partial charge in [0.25, 0.3) is 10.0 Å². The van der Waals surface area contributed by atoms with Gasteiger partial charge < -0.3 is 9.72 Å². The molecular formula is C19H16N2O4S. The van der Waals surface area contributed by atoms with Crippen LogP contribution in [-0.4, -0.2) is 37.6 Å². The molecule has 1 aliphatic rings. The van der Waals surface area contributed by atoms with Crippen molar-refractivity contribution in [3.63, 3.8) is 0 Å². The fraction of sp³-hybridized carbons (Fsp3) is 0.105. The molecule has 2 aromatic carbocycles. The number of allylic oxidation sites excluding steroid dienone is 1. The van der Waals surface area contributed by atoms with E-state index in [4.69, 9.17) is 4.74 Å². The van der Waals surface area contributed by atoms with Crippen molar-refractivity contribution >= 4 is 32.8 Å². The maximum atomic E-state index is 12.9. The van der Waals surface area contributed by atoms with Crippen LogP contribution in [0.2, 0.25) is 0 Å². The summed E-state index contributed by atoms with van der Waals surface area (Å²) in [5.74, 6) is 0.390. The third-order valence-corrected chi connectivity index (χ3v) is 6.38. The summed E-state index contributed by atoms with van der Waals surface area (Å²) in [6.45, 7) is 0. The zero-order valence-electron chi connectivity index (χ0n) is 14.2. The maximum Gasteiger partial charge on any atom is 0.264 e. The van der Waals surface area contributed by atoms with Crippen LogP contribution in [0.4, 0.5) is 0 Å². The molecule has 1 aromatic heterocycles. The molecule has 0 saturated carbocycles. The third-order valence-electron chi connectivity index (χ3n) is 4.56. The van der Waals surface area contributed by atoms with E-state index in [-0.39, 0.29) is 21.9 Å². The molecular weight excluding hydrogens is 352 g/mol. The number of aromatic nitrogens is 1. The highest BCUT2D eigenvalue weighted by Crippen LogP contribution is 2.33. The Kier molecular flexibility index (Phi) is 3.62. The molecule has 26 heavy (non-hydrogen) atoms. The van der Waals surface area contributed by atoms with Crippen LogP contribution >= 0.6 is 0 Å². The van der Waals surface area contributed by atoms with Crippen molar-refractivity contribution in [1.82, 2.24) is 9.29 Å². The lowest BCUT2D eigenvalue weighted by molar-refractivity contribution is 0.101. The Labute approximate surface area is 150 Å². The Bertz CT molecular complexity index is 1180. The van der Waals surface area contributed by atoms with E-state index in [1.54, 1.807) is 31.5 Å². The number of likely N-dealkylation sites (N-methyl/N-ethyl adjacent to an activating group) is 1. The molecule has 1 aliphatic heterocycles. The van der Waals surface area contributed by atoms with E-state index in [0.717, 1.165) is 20.8 Å². The van der Waals surface area contributed by atoms with Crippen molar-refractivity contribution in [3.8, 4) is 5.75 Å². The van der Waals surface area contributed by atoms with E-state index < -0.39 is 10.0 Å². The number of ketones is 1. The second-order valence-corrected chi connectivity index (χ2v) is 7.92. The number of sulfonamides is 1. The van der Waals surface area contributed by atoms with Crippen LogP contribution in [0.5, 0.6) is 5.75 Å². The van der Waals surface area contributed by atoms with Crippen molar-refractivity contribution < 1.29 is 17.9 Å². The number of hydrogen-bond acceptors (Lipinski definition) is 4. The van der Waals surface area contributed by atoms with Gasteiger partial charge in [0.15, 0.2) is 0 Å². The molecule has 0 amide bonds. The lowest BCUT2D eigenvalue weighted by Crippen LogP contribution is -2.36. The van der Waals surface area contributed by atoms with Crippen LogP contribution in [-0.2, 0) is 10.0 Å². The number of Topliss-reactive ketones (excluding diaryl/α,β-unsaturated/α-hetero) is 1. The number of nitrogens with one attached hydrogen (secondary N) is 1. The van der Waals surface area contributed by atoms with Gasteiger partial charge in [-0.1, -0.05) is 12.1 Å². The van der Waals surface area contributed by atoms with E-state index in [2.05, 4.69) is 4.98 Å². The summed E-state index contributed by atoms with van der Waals surface area (Å²) in [5.41, 5.74) is 1.87. The Morgan fingerprint density at radius 2 is 1.92 bits per heavy atom. The Hall–Kier alpha value is -3.06. The van der Waals surface area contributed by atoms with Crippen LogP contribution in [0.3, 0.4) is 0 Å². The Morgan fingerprint density at radius 1 is 1.15 bits per heavy atom. The highest BCUT2D eigenvalue weighted by atomic mass is 32.2. The van der Waals surface area contributed by atoms with Gasteiger partial charge in [0.1, 0.15) is 11.4 Å². The molecule has 6 nitrogen and oxygen atoms in total. The zero-order valence-corrected chi connectivity index (χ0v) is 15.0. The van der Waals surface area contributed by atoms with E-state index >= 15 is 0 Å². The molecule has 0 spiro atoms. The summed E-state index contributed by atoms with van der Waals surface area (Å²) in [7, 11) is -0.772. The van der Waals surface area contributed by atoms with E-state index in [1.807, 2.05) is 18.2 Å². The Morgan fingerprint density at radius 3 is 2.69 bits per heavy atom. The van der Waals surface area contributed by atoms with Gasteiger partial charge in [-0.25, -0.2) is 8.42 Å². The first-order valence-electron chi connectivity index (χ1n) is 7.93. The predicted octanol–water partition coefficient (Wildman–Crippen LogP) is 3.03. The van der Waals surface area contributed by atoms with Crippen molar-refractivity contribution in [2.45, 2.75) is 4.90 Å². The highest BCUT2D eigenvalue weighted by Gasteiger charge is 2.36. The van der Waals surface area contributed by atoms with Gasteiger partial charge in [-0.05, 0) is 30.3 Å². The molecule has 0 saturated heterocycles. The predicted molar refractivity (Wildman–Crippen MR) is 98.5 cm³/mol. The van der Waals surface area contributed by atoms with Crippen molar-refractivity contribution in [3.05, 3.63) is 65.5 Å². The van der Waals surface area contributed by atoms with Crippen molar-refractivity contribution in [2.24, 2.45) is 0 Å². The molecule has 0 atom stereocenters. The molecule has 0 unspecified atom stereocenters. The molecule has 0 aliphatic carbocycles. The number of carbonyl (C=O) groups is 1. The van der Waals surface area contributed by atoms with E-state index in [1.165, 1.54) is 19.2 Å². The smallest absolute Gasteiger partial charge is 0.264 e. The number of carbonyl (C=O) groups excluding carboxylic acids is 1. The molecule has 0 radical (unpaired) electrons. The monoisotopic (exact) mass is 368 g/mol. The van der Waals surface area contributed by atoms with Crippen LogP contribution in [0, 0.1) is 0 Å². The normalized spacial score (nSPS) is 17.5. The van der Waals surface area contributed by atoms with Crippen LogP contribution in [0.25, 0.3) is 17.0 Å². The van der Waals surface area contributed by atoms with Crippen molar-refractivity contribution in [1.29, 1.82) is 0 Å². The summed E-state index contributed by atoms with van der Waals surface area (Å²) in [4.78, 5) is 16.0. The largest absolute Gasteiger partial charge is 0.497 e. The first-order chi connectivity index (χ1) is 12.4. The topological polar surface area (TPSA) is 79.5 Å². The number of aromatic amines is 1. The number of benzene rings is 2. The van der Waals surface area contributed by atoms with Gasteiger partial charge >= 0.3 is 0 Å². The minimum Gasteiger partial charge on any atom is -0.497 e. The van der Waals surface area contributed by atoms with Gasteiger partial charge in [-0.2, -0.15) is 0 Å². The summed E-state index contributed by atoms with van der Waals surface area (Å²) >= 11 is 0. The van der Waals surface area contributed by atoms with Gasteiger partial charge in [0.05, 0.1) is 12.0 Å². The fourth-order valence-electron chi connectivity index (χ4n) is 3.12. The van der Waals surface area contributed by atoms with Gasteiger partial charge in [0, 0.05) is 41.3 Å². The SMILES string of the molecule is COc1ccc2c(/C=C3/C(=O)c4ccccc4S(=O)(=O)N3C)c[nH]c2c1. The maximum absolute atomic E-state index is 12.9. The average Bonchev–Trinajstić information content (AvgIpc) is 3.06. The highest BCUT2D eigenvalue weighted by molar-refractivity contribution is 7.89. The second kappa shape index (κ2) is 5.74. The van der Waals surface area contributed by atoms with E-state index in [0.29, 0.717) is 5.75 Å². The third kappa shape index (κ3) is 2.32. The first-order valence-corrected chi connectivity index (χ1v) is 9.37. The molecule has 0 bridgehead atoms. The zero-order chi connectivity index (χ0) is 18.5. The van der Waals surface area contributed by atoms with E-state index in [9.17, 15) is 13.2 Å². The first kappa shape index (κ1) is 16.4. The Balaban J connectivity index is 1.89. The molecule has 132 valence electrons. The molecule has 7 heteroatoms. The molecule has 1 N–H and O–H groups in total. The number of fused-ring (bicyclic) bond motifs is 2. The van der Waals surface area contributed by atoms with Crippen LogP contribution < -0.4 is 4.74 Å². The van der Waals surface area contributed by atoms with Gasteiger partial charge in [-0.3, -0.25) is 9.10 Å². The summed E-state index contributed by atoms with van der Waals surface area (Å²) < 4.78 is 31.7. The minimum absolute atomic E-state index is 0.0355. The average molecular weight is 368 g/mol. The molecule has 4 rings (SSSR count). The summed E-state index contributed by atoms with van der Waals surface area (Å²) in [6, 6.07) is 11.8. The summed E-state index contributed by atoms with van der Waals surface area (Å²) in [6.07, 6.45) is 3.34. The number of H-pyrrole nitrogens is 1. The number of methoxy groups -OCH3 is 1. The van der Waals surface area contributed by atoms with Crippen LogP contribution in [0.1, 0.15) is 15.9 Å². The summed E-state index contributed by atoms with van der Waals surface area (Å²) in [5, 5.41) is 0.871. The number of ether oxygens (including phenoxy) is 1. The molecule has 2 heterocycles. The number of nitrogens with zero attached hydrogens (tertiary/aromatic N) is 1.